The van der Waals surface area contributed by atoms with Crippen LogP contribution in [0, 0.1) is 6.92 Å². The van der Waals surface area contributed by atoms with Crippen molar-refractivity contribution in [3.05, 3.63) is 28.3 Å². The maximum Gasteiger partial charge on any atom is 0.122 e. The topological polar surface area (TPSA) is 41.7 Å². The fourth-order valence-corrected chi connectivity index (χ4v) is 3.55. The highest BCUT2D eigenvalue weighted by Gasteiger charge is 2.34. The predicted molar refractivity (Wildman–Crippen MR) is 92.6 cm³/mol. The first-order valence-electron chi connectivity index (χ1n) is 8.19. The number of hydrogen-bond donors (Lipinski definition) is 1. The van der Waals surface area contributed by atoms with Crippen LogP contribution in [0.2, 0.25) is 0 Å². The predicted octanol–water partition coefficient (Wildman–Crippen LogP) is 2.50. The summed E-state index contributed by atoms with van der Waals surface area (Å²) in [4.78, 5) is 4.75. The van der Waals surface area contributed by atoms with E-state index >= 15 is 0 Å². The average molecular weight is 305 g/mol. The van der Waals surface area contributed by atoms with Crippen molar-refractivity contribution < 1.29 is 4.74 Å². The first-order valence-corrected chi connectivity index (χ1v) is 8.19. The number of nitrogens with two attached hydrogens (primary N) is 1. The molecule has 2 rings (SSSR count). The van der Waals surface area contributed by atoms with Crippen molar-refractivity contribution in [2.75, 3.05) is 40.8 Å². The fraction of sp³-hybridized carbons (Fsp3) is 0.667. The number of likely N-dealkylation sites (N-methyl/N-ethyl adjacent to an activating group) is 1. The first kappa shape index (κ1) is 17.3. The first-order chi connectivity index (χ1) is 10.4. The smallest absolute Gasteiger partial charge is 0.122 e. The van der Waals surface area contributed by atoms with E-state index in [0.717, 1.165) is 25.4 Å². The van der Waals surface area contributed by atoms with Crippen LogP contribution in [0.5, 0.6) is 5.75 Å². The van der Waals surface area contributed by atoms with Crippen LogP contribution in [0.15, 0.2) is 6.07 Å². The summed E-state index contributed by atoms with van der Waals surface area (Å²) in [5, 5.41) is 0. The summed E-state index contributed by atoms with van der Waals surface area (Å²) in [5.41, 5.74) is 11.7. The molecule has 1 aromatic rings. The Bertz CT molecular complexity index is 526. The maximum atomic E-state index is 6.16. The van der Waals surface area contributed by atoms with Gasteiger partial charge in [0.05, 0.1) is 7.11 Å². The van der Waals surface area contributed by atoms with Crippen LogP contribution in [0.25, 0.3) is 0 Å². The van der Waals surface area contributed by atoms with Gasteiger partial charge in [-0.25, -0.2) is 0 Å². The lowest BCUT2D eigenvalue weighted by atomic mass is 9.88. The molecule has 124 valence electrons. The van der Waals surface area contributed by atoms with Gasteiger partial charge in [0, 0.05) is 37.8 Å². The Hall–Kier alpha value is -1.10. The molecule has 1 aromatic carbocycles. The molecule has 0 fully saturated rings. The largest absolute Gasteiger partial charge is 0.496 e. The molecule has 2 N–H and O–H groups in total. The van der Waals surface area contributed by atoms with Gasteiger partial charge in [0.1, 0.15) is 5.75 Å². The molecule has 4 heteroatoms. The highest BCUT2D eigenvalue weighted by atomic mass is 16.5. The minimum atomic E-state index is 0.307. The fourth-order valence-electron chi connectivity index (χ4n) is 3.55. The van der Waals surface area contributed by atoms with Gasteiger partial charge in [0.15, 0.2) is 0 Å². The summed E-state index contributed by atoms with van der Waals surface area (Å²) >= 11 is 0. The number of ether oxygens (including phenoxy) is 1. The van der Waals surface area contributed by atoms with Crippen LogP contribution in [0.3, 0.4) is 0 Å². The Labute approximate surface area is 135 Å². The minimum Gasteiger partial charge on any atom is -0.496 e. The van der Waals surface area contributed by atoms with Crippen LogP contribution >= 0.6 is 0 Å². The van der Waals surface area contributed by atoms with Crippen LogP contribution < -0.4 is 10.5 Å². The van der Waals surface area contributed by atoms with E-state index in [2.05, 4.69) is 50.7 Å². The third-order valence-electron chi connectivity index (χ3n) is 4.69. The van der Waals surface area contributed by atoms with Gasteiger partial charge in [-0.1, -0.05) is 13.8 Å². The van der Waals surface area contributed by atoms with Crippen molar-refractivity contribution in [1.29, 1.82) is 0 Å². The summed E-state index contributed by atoms with van der Waals surface area (Å²) in [6.45, 7) is 10.4. The molecular formula is C18H31N3O. The van der Waals surface area contributed by atoms with Gasteiger partial charge in [0.25, 0.3) is 0 Å². The Kier molecular flexibility index (Phi) is 5.48. The molecule has 1 aliphatic rings. The van der Waals surface area contributed by atoms with E-state index in [9.17, 15) is 0 Å². The van der Waals surface area contributed by atoms with Crippen LogP contribution in [0.1, 0.15) is 48.1 Å². The number of fused-ring (bicyclic) bond motifs is 1. The number of benzene rings is 1. The molecule has 0 saturated heterocycles. The summed E-state index contributed by atoms with van der Waals surface area (Å²) in [5.74, 6) is 1.45. The summed E-state index contributed by atoms with van der Waals surface area (Å²) in [7, 11) is 6.01. The van der Waals surface area contributed by atoms with Crippen molar-refractivity contribution in [2.24, 2.45) is 5.73 Å². The molecule has 1 atom stereocenters. The second-order valence-electron chi connectivity index (χ2n) is 6.88. The second-order valence-corrected chi connectivity index (χ2v) is 6.88. The Morgan fingerprint density at radius 2 is 2.09 bits per heavy atom. The van der Waals surface area contributed by atoms with E-state index in [1.54, 1.807) is 7.11 Å². The minimum absolute atomic E-state index is 0.307. The van der Waals surface area contributed by atoms with Gasteiger partial charge in [-0.15, -0.1) is 0 Å². The van der Waals surface area contributed by atoms with Crippen molar-refractivity contribution in [1.82, 2.24) is 9.80 Å². The van der Waals surface area contributed by atoms with Gasteiger partial charge in [0.2, 0.25) is 0 Å². The Balaban J connectivity index is 2.46. The van der Waals surface area contributed by atoms with Gasteiger partial charge in [-0.05, 0) is 49.7 Å². The molecule has 0 bridgehead atoms. The molecule has 0 spiro atoms. The van der Waals surface area contributed by atoms with Crippen molar-refractivity contribution in [3.8, 4) is 5.75 Å². The lowest BCUT2D eigenvalue weighted by Gasteiger charge is -2.27. The number of nitrogens with zero attached hydrogens (tertiary/aromatic N) is 2. The molecule has 4 nitrogen and oxygen atoms in total. The molecule has 0 radical (unpaired) electrons. The van der Waals surface area contributed by atoms with E-state index in [4.69, 9.17) is 10.5 Å². The molecule has 1 heterocycles. The quantitative estimate of drug-likeness (QED) is 0.877. The van der Waals surface area contributed by atoms with Crippen molar-refractivity contribution in [3.63, 3.8) is 0 Å². The number of aryl methyl sites for hydroxylation is 1. The van der Waals surface area contributed by atoms with E-state index in [0.29, 0.717) is 18.5 Å². The van der Waals surface area contributed by atoms with Crippen molar-refractivity contribution in [2.45, 2.75) is 39.3 Å². The van der Waals surface area contributed by atoms with Crippen LogP contribution in [-0.2, 0) is 6.54 Å². The third-order valence-corrected chi connectivity index (χ3v) is 4.69. The SMILES string of the molecule is COc1cc(C)c2c(c1C(C)C)C(CN)N(CCN(C)C)C2. The van der Waals surface area contributed by atoms with Crippen molar-refractivity contribution >= 4 is 0 Å². The maximum absolute atomic E-state index is 6.16. The van der Waals surface area contributed by atoms with Gasteiger partial charge in [-0.3, -0.25) is 4.90 Å². The van der Waals surface area contributed by atoms with Crippen LogP contribution in [0.4, 0.5) is 0 Å². The lowest BCUT2D eigenvalue weighted by Crippen LogP contribution is -2.34. The molecule has 1 unspecified atom stereocenters. The van der Waals surface area contributed by atoms with E-state index in [1.807, 2.05) is 0 Å². The number of methoxy groups -OCH3 is 1. The lowest BCUT2D eigenvalue weighted by molar-refractivity contribution is 0.196. The number of rotatable bonds is 6. The zero-order chi connectivity index (χ0) is 16.4. The van der Waals surface area contributed by atoms with E-state index in [1.165, 1.54) is 22.3 Å². The monoisotopic (exact) mass is 305 g/mol. The molecule has 0 saturated carbocycles. The summed E-state index contributed by atoms with van der Waals surface area (Å²) in [6.07, 6.45) is 0. The van der Waals surface area contributed by atoms with Gasteiger partial charge < -0.3 is 15.4 Å². The average Bonchev–Trinajstić information content (AvgIpc) is 2.83. The van der Waals surface area contributed by atoms with Gasteiger partial charge in [-0.2, -0.15) is 0 Å². The summed E-state index contributed by atoms with van der Waals surface area (Å²) in [6, 6.07) is 2.50. The van der Waals surface area contributed by atoms with E-state index < -0.39 is 0 Å². The third kappa shape index (κ3) is 3.14. The highest BCUT2D eigenvalue weighted by molar-refractivity contribution is 5.54. The zero-order valence-corrected chi connectivity index (χ0v) is 14.9. The summed E-state index contributed by atoms with van der Waals surface area (Å²) < 4.78 is 5.67. The second kappa shape index (κ2) is 6.99. The normalized spacial score (nSPS) is 18.3. The van der Waals surface area contributed by atoms with Gasteiger partial charge >= 0.3 is 0 Å². The highest BCUT2D eigenvalue weighted by Crippen LogP contribution is 2.44. The Morgan fingerprint density at radius 1 is 1.41 bits per heavy atom. The molecule has 0 amide bonds. The Morgan fingerprint density at radius 3 is 2.59 bits per heavy atom. The number of hydrogen-bond acceptors (Lipinski definition) is 4. The zero-order valence-electron chi connectivity index (χ0n) is 14.9. The molecular weight excluding hydrogens is 274 g/mol. The molecule has 0 aromatic heterocycles. The standard InChI is InChI=1S/C18H31N3O/c1-12(2)17-16(22-6)9-13(3)14-11-21(8-7-20(4)5)15(10-19)18(14)17/h9,12,15H,7-8,10-11,19H2,1-6H3. The van der Waals surface area contributed by atoms with Crippen LogP contribution in [-0.4, -0.2) is 50.6 Å². The molecule has 0 aliphatic carbocycles. The molecule has 1 aliphatic heterocycles. The van der Waals surface area contributed by atoms with E-state index in [-0.39, 0.29) is 0 Å². The molecule has 22 heavy (non-hydrogen) atoms.